The zero-order valence-corrected chi connectivity index (χ0v) is 33.3. The average Bonchev–Trinajstić information content (AvgIpc) is 3.61. The molecule has 0 N–H and O–H groups in total. The molecule has 300 valence electrons. The highest BCUT2D eigenvalue weighted by atomic mass is 19.1. The van der Waals surface area contributed by atoms with Crippen molar-refractivity contribution in [2.45, 2.75) is 83.6 Å². The minimum Gasteiger partial charge on any atom is -0.207 e. The lowest BCUT2D eigenvalue weighted by atomic mass is 10.1. The molecule has 1 aliphatic rings. The van der Waals surface area contributed by atoms with Gasteiger partial charge in [-0.3, -0.25) is 0 Å². The molecule has 0 saturated carbocycles. The fourth-order valence-corrected chi connectivity index (χ4v) is 4.26. The van der Waals surface area contributed by atoms with E-state index in [1.807, 2.05) is 37.3 Å². The lowest BCUT2D eigenvalue weighted by Gasteiger charge is -1.93. The summed E-state index contributed by atoms with van der Waals surface area (Å²) in [5, 5.41) is 0. The molecule has 7 rings (SSSR count). The van der Waals surface area contributed by atoms with Gasteiger partial charge in [0.1, 0.15) is 23.3 Å². The normalized spacial score (nSPS) is 9.91. The number of benzene rings is 6. The summed E-state index contributed by atoms with van der Waals surface area (Å²) in [6.07, 6.45) is 7.65. The number of rotatable bonds is 0. The van der Waals surface area contributed by atoms with Crippen LogP contribution in [-0.2, 0) is 0 Å². The van der Waals surface area contributed by atoms with Crippen molar-refractivity contribution in [1.29, 1.82) is 0 Å². The van der Waals surface area contributed by atoms with Crippen molar-refractivity contribution in [2.24, 2.45) is 0 Å². The molecule has 6 aromatic rings. The maximum Gasteiger partial charge on any atom is 0.126 e. The van der Waals surface area contributed by atoms with Crippen molar-refractivity contribution in [2.75, 3.05) is 0 Å². The molecule has 0 heterocycles. The first kappa shape index (κ1) is 52.6. The van der Waals surface area contributed by atoms with E-state index < -0.39 is 11.6 Å². The first-order valence-electron chi connectivity index (χ1n) is 17.9. The molecule has 56 heavy (non-hydrogen) atoms. The van der Waals surface area contributed by atoms with E-state index in [0.29, 0.717) is 11.1 Å². The third-order valence-electron chi connectivity index (χ3n) is 7.60. The second-order valence-electron chi connectivity index (χ2n) is 13.0. The Bertz CT molecular complexity index is 1780. The summed E-state index contributed by atoms with van der Waals surface area (Å²) >= 11 is 0. The Hall–Kier alpha value is -5.48. The quantitative estimate of drug-likeness (QED) is 0.135. The topological polar surface area (TPSA) is 0 Å². The fraction of sp³-hybridized carbons (Fsp3) is 0.231. The summed E-state index contributed by atoms with van der Waals surface area (Å²) in [5.41, 5.74) is 10.4. The Morgan fingerprint density at radius 3 is 1.04 bits per heavy atom. The van der Waals surface area contributed by atoms with Crippen molar-refractivity contribution in [3.05, 3.63) is 237 Å². The molecule has 0 fully saturated rings. The number of halogens is 4. The molecule has 0 saturated heterocycles. The lowest BCUT2D eigenvalue weighted by Crippen LogP contribution is -1.80. The molecule has 1 aliphatic carbocycles. The van der Waals surface area contributed by atoms with Crippen LogP contribution in [-0.4, -0.2) is 0 Å². The van der Waals surface area contributed by atoms with Crippen LogP contribution in [0.1, 0.15) is 72.7 Å². The molecule has 4 heteroatoms. The molecule has 0 radical (unpaired) electrons. The zero-order valence-electron chi connectivity index (χ0n) is 33.3. The van der Waals surface area contributed by atoms with Gasteiger partial charge in [0, 0.05) is 6.07 Å². The van der Waals surface area contributed by atoms with Gasteiger partial charge in [-0.25, -0.2) is 17.6 Å². The van der Waals surface area contributed by atoms with Gasteiger partial charge in [0.05, 0.1) is 0 Å². The summed E-state index contributed by atoms with van der Waals surface area (Å²) in [5.74, 6) is -1.34. The maximum absolute atomic E-state index is 12.3. The SMILES string of the molecule is C.C.CC1=CCC=C1.Cc1cc(F)cc(F)c1.Cc1ccc(C)cc1.Cc1cccc(F)c1.Cc1ccccc1.Cc1ccccc1C.Cc1ccccc1F. The molecule has 6 aromatic carbocycles. The molecule has 0 spiro atoms. The monoisotopic (exact) mass is 764 g/mol. The third-order valence-corrected chi connectivity index (χ3v) is 7.60. The van der Waals surface area contributed by atoms with Crippen molar-refractivity contribution < 1.29 is 17.6 Å². The minimum absolute atomic E-state index is 0. The third kappa shape index (κ3) is 27.2. The van der Waals surface area contributed by atoms with E-state index in [0.717, 1.165) is 18.1 Å². The van der Waals surface area contributed by atoms with Gasteiger partial charge in [-0.2, -0.15) is 0 Å². The smallest absolute Gasteiger partial charge is 0.126 e. The summed E-state index contributed by atoms with van der Waals surface area (Å²) in [6.45, 7) is 17.9. The number of allylic oxidation sites excluding steroid dienone is 4. The van der Waals surface area contributed by atoms with Gasteiger partial charge in [-0.05, 0) is 127 Å². The van der Waals surface area contributed by atoms with Crippen LogP contribution >= 0.6 is 0 Å². The van der Waals surface area contributed by atoms with E-state index in [-0.39, 0.29) is 26.5 Å². The molecule has 0 aromatic heterocycles. The predicted octanol–water partition coefficient (Wildman–Crippen LogP) is 16.3. The maximum atomic E-state index is 12.3. The molecule has 0 amide bonds. The van der Waals surface area contributed by atoms with E-state index in [1.165, 1.54) is 63.7 Å². The van der Waals surface area contributed by atoms with Crippen LogP contribution in [0.5, 0.6) is 0 Å². The first-order chi connectivity index (χ1) is 25.7. The zero-order chi connectivity index (χ0) is 40.3. The van der Waals surface area contributed by atoms with Crippen LogP contribution in [0.2, 0.25) is 0 Å². The van der Waals surface area contributed by atoms with Gasteiger partial charge in [0.15, 0.2) is 0 Å². The number of aryl methyl sites for hydroxylation is 8. The van der Waals surface area contributed by atoms with Gasteiger partial charge < -0.3 is 0 Å². The van der Waals surface area contributed by atoms with Crippen molar-refractivity contribution in [3.63, 3.8) is 0 Å². The summed E-state index contributed by atoms with van der Waals surface area (Å²) in [4.78, 5) is 0. The molecule has 0 bridgehead atoms. The second kappa shape index (κ2) is 30.8. The van der Waals surface area contributed by atoms with Gasteiger partial charge in [0.25, 0.3) is 0 Å². The summed E-state index contributed by atoms with van der Waals surface area (Å²) < 4.78 is 48.9. The van der Waals surface area contributed by atoms with Gasteiger partial charge in [-0.15, -0.1) is 0 Å². The second-order valence-corrected chi connectivity index (χ2v) is 13.0. The van der Waals surface area contributed by atoms with Crippen molar-refractivity contribution in [1.82, 2.24) is 0 Å². The molecular formula is C52H64F4. The largest absolute Gasteiger partial charge is 0.207 e. The standard InChI is InChI=1S/2C8H10.C7H6F2.2C7H7F.C7H8.C6H8.2CH4/c1-7-3-5-8(2)6-4-7;1-7-5-3-4-6-8(7)2;1-5-2-6(8)4-7(9)3-5;1-6-3-2-4-7(8)5-6;1-6-4-2-3-5-7(6)8;1-7-5-3-2-4-6-7;1-6-4-2-3-5-6;;/h2*3-6H,1-2H3;2-4H,1H3;2*2-5H,1H3;2-6H,1H3;2,4-5H,3H2,1H3;2*1H4. The highest BCUT2D eigenvalue weighted by molar-refractivity contribution is 5.24. The van der Waals surface area contributed by atoms with Crippen LogP contribution < -0.4 is 0 Å². The molecule has 0 aliphatic heterocycles. The summed E-state index contributed by atoms with van der Waals surface area (Å²) in [6, 6.07) is 43.7. The van der Waals surface area contributed by atoms with Crippen LogP contribution in [0.15, 0.2) is 169 Å². The van der Waals surface area contributed by atoms with E-state index in [4.69, 9.17) is 0 Å². The van der Waals surface area contributed by atoms with Crippen molar-refractivity contribution >= 4 is 0 Å². The fourth-order valence-electron chi connectivity index (χ4n) is 4.26. The van der Waals surface area contributed by atoms with E-state index >= 15 is 0 Å². The Morgan fingerprint density at radius 2 is 0.768 bits per heavy atom. The average molecular weight is 765 g/mol. The van der Waals surface area contributed by atoms with E-state index in [1.54, 1.807) is 32.0 Å². The van der Waals surface area contributed by atoms with E-state index in [9.17, 15) is 17.6 Å². The highest BCUT2D eigenvalue weighted by Gasteiger charge is 1.94. The van der Waals surface area contributed by atoms with Crippen LogP contribution in [0.4, 0.5) is 17.6 Å². The Labute approximate surface area is 337 Å². The highest BCUT2D eigenvalue weighted by Crippen LogP contribution is 2.07. The number of hydrogen-bond acceptors (Lipinski definition) is 0. The van der Waals surface area contributed by atoms with Gasteiger partial charge in [-0.1, -0.05) is 165 Å². The Kier molecular flexibility index (Phi) is 28.9. The number of hydrogen-bond donors (Lipinski definition) is 0. The lowest BCUT2D eigenvalue weighted by molar-refractivity contribution is 0.581. The Morgan fingerprint density at radius 1 is 0.357 bits per heavy atom. The molecular weight excluding hydrogens is 701 g/mol. The predicted molar refractivity (Wildman–Crippen MR) is 237 cm³/mol. The molecule has 0 unspecified atom stereocenters. The van der Waals surface area contributed by atoms with Crippen LogP contribution in [0.3, 0.4) is 0 Å². The first-order valence-corrected chi connectivity index (χ1v) is 17.9. The van der Waals surface area contributed by atoms with E-state index in [2.05, 4.69) is 120 Å². The van der Waals surface area contributed by atoms with Crippen LogP contribution in [0, 0.1) is 78.7 Å². The Balaban J connectivity index is 0. The minimum atomic E-state index is -0.521. The van der Waals surface area contributed by atoms with Gasteiger partial charge >= 0.3 is 0 Å². The molecule has 0 atom stereocenters. The molecule has 0 nitrogen and oxygen atoms in total. The summed E-state index contributed by atoms with van der Waals surface area (Å²) in [7, 11) is 0. The van der Waals surface area contributed by atoms with Crippen LogP contribution in [0.25, 0.3) is 0 Å². The van der Waals surface area contributed by atoms with Gasteiger partial charge in [0.2, 0.25) is 0 Å². The van der Waals surface area contributed by atoms with Crippen molar-refractivity contribution in [3.8, 4) is 0 Å².